The van der Waals surface area contributed by atoms with Gasteiger partial charge in [-0.25, -0.2) is 0 Å². The molecule has 4 amide bonds. The zero-order chi connectivity index (χ0) is 84.3. The number of aliphatic hydroxyl groups is 17. The molecule has 12 unspecified atom stereocenters. The number of amides is 4. The molecule has 0 spiro atoms. The van der Waals surface area contributed by atoms with Gasteiger partial charge in [0.2, 0.25) is 23.6 Å². The Morgan fingerprint density at radius 3 is 1.08 bits per heavy atom. The van der Waals surface area contributed by atoms with Gasteiger partial charge in [-0.3, -0.25) is 19.2 Å². The summed E-state index contributed by atoms with van der Waals surface area (Å²) < 4.78 is 72.7. The van der Waals surface area contributed by atoms with Gasteiger partial charge in [-0.2, -0.15) is 0 Å². The van der Waals surface area contributed by atoms with E-state index in [1.165, 1.54) is 109 Å². The first-order chi connectivity index (χ1) is 55.2. The topological polar surface area (TPSA) is 571 Å². The minimum atomic E-state index is -2.40. The monoisotopic (exact) mass is 1660 g/mol. The molecular formula is C78H140N4O33. The molecule has 0 aliphatic carbocycles. The largest absolute Gasteiger partial charge is 0.394 e. The van der Waals surface area contributed by atoms with Crippen molar-refractivity contribution in [3.63, 3.8) is 0 Å². The van der Waals surface area contributed by atoms with Gasteiger partial charge in [0.1, 0.15) is 146 Å². The summed E-state index contributed by atoms with van der Waals surface area (Å²) in [4.78, 5) is 51.9. The maximum absolute atomic E-state index is 13.6. The van der Waals surface area contributed by atoms with E-state index in [0.29, 0.717) is 12.8 Å². The second-order valence-corrected chi connectivity index (χ2v) is 31.4. The van der Waals surface area contributed by atoms with E-state index in [4.69, 9.17) is 56.8 Å². The lowest BCUT2D eigenvalue weighted by molar-refractivity contribution is -0.398. The first kappa shape index (κ1) is 100. The number of aliphatic hydroxyl groups excluding tert-OH is 17. The highest BCUT2D eigenvalue weighted by atomic mass is 16.8. The number of hydrogen-bond acceptors (Lipinski definition) is 33. The molecule has 37 nitrogen and oxygen atoms in total. The predicted molar refractivity (Wildman–Crippen MR) is 405 cm³/mol. The van der Waals surface area contributed by atoms with Crippen LogP contribution in [0, 0.1) is 0 Å². The Morgan fingerprint density at radius 1 is 0.339 bits per heavy atom. The highest BCUT2D eigenvalue weighted by Crippen LogP contribution is 2.39. The zero-order valence-electron chi connectivity index (χ0n) is 67.5. The zero-order valence-corrected chi connectivity index (χ0v) is 67.5. The third-order valence-corrected chi connectivity index (χ3v) is 22.1. The lowest BCUT2D eigenvalue weighted by Crippen LogP contribution is -2.72. The first-order valence-corrected chi connectivity index (χ1v) is 42.0. The molecule has 0 radical (unpaired) electrons. The van der Waals surface area contributed by atoms with Crippen LogP contribution in [0.1, 0.15) is 214 Å². The predicted octanol–water partition coefficient (Wildman–Crippen LogP) is -2.28. The summed E-state index contributed by atoms with van der Waals surface area (Å²) in [5, 5.41) is 202. The minimum Gasteiger partial charge on any atom is -0.394 e. The molecule has 37 heteroatoms. The number of allylic oxidation sites excluding steroid dienone is 1. The second kappa shape index (κ2) is 53.4. The number of nitrogens with one attached hydrogen (secondary N) is 4. The van der Waals surface area contributed by atoms with Crippen LogP contribution in [0.3, 0.4) is 0 Å². The van der Waals surface area contributed by atoms with Crippen molar-refractivity contribution in [2.45, 2.75) is 411 Å². The van der Waals surface area contributed by atoms with Gasteiger partial charge in [-0.1, -0.05) is 180 Å². The molecule has 0 saturated carbocycles. The molecule has 32 atom stereocenters. The quantitative estimate of drug-likeness (QED) is 0.0225. The van der Waals surface area contributed by atoms with Crippen molar-refractivity contribution in [3.8, 4) is 0 Å². The Hall–Kier alpha value is -3.54. The molecule has 0 aromatic rings. The van der Waals surface area contributed by atoms with E-state index in [-0.39, 0.29) is 12.3 Å². The van der Waals surface area contributed by atoms with Gasteiger partial charge < -0.3 is 165 Å². The number of carbonyl (C=O) groups excluding carboxylic acids is 4. The van der Waals surface area contributed by atoms with Gasteiger partial charge in [-0.05, 0) is 19.3 Å². The van der Waals surface area contributed by atoms with Crippen molar-refractivity contribution < 1.29 is 163 Å². The molecule has 115 heavy (non-hydrogen) atoms. The number of rotatable bonds is 53. The van der Waals surface area contributed by atoms with Crippen LogP contribution >= 0.6 is 0 Å². The molecule has 6 aliphatic heterocycles. The minimum absolute atomic E-state index is 0.168. The van der Waals surface area contributed by atoms with Crippen LogP contribution in [0.15, 0.2) is 12.2 Å². The fourth-order valence-corrected chi connectivity index (χ4v) is 15.5. The number of carbonyl (C=O) groups is 4. The molecule has 0 bridgehead atoms. The Labute approximate surface area is 674 Å². The first-order valence-electron chi connectivity index (χ1n) is 42.0. The smallest absolute Gasteiger partial charge is 0.220 e. The van der Waals surface area contributed by atoms with Gasteiger partial charge in [0, 0.05) is 27.2 Å². The summed E-state index contributed by atoms with van der Waals surface area (Å²) in [6.07, 6.45) is -20.0. The molecule has 6 saturated heterocycles. The van der Waals surface area contributed by atoms with Gasteiger partial charge in [0.05, 0.1) is 58.4 Å². The van der Waals surface area contributed by atoms with Gasteiger partial charge in [-0.15, -0.1) is 0 Å². The fourth-order valence-electron chi connectivity index (χ4n) is 15.5. The molecule has 0 aromatic heterocycles. The van der Waals surface area contributed by atoms with Crippen molar-refractivity contribution in [2.24, 2.45) is 0 Å². The lowest BCUT2D eigenvalue weighted by atomic mass is 9.93. The average Bonchev–Trinajstić information content (AvgIpc) is 0.760. The number of hydrogen-bond donors (Lipinski definition) is 21. The molecule has 6 heterocycles. The Kier molecular flexibility index (Phi) is 46.5. The van der Waals surface area contributed by atoms with Crippen LogP contribution in [0.5, 0.6) is 0 Å². The van der Waals surface area contributed by atoms with Crippen molar-refractivity contribution in [3.05, 3.63) is 12.2 Å². The van der Waals surface area contributed by atoms with Crippen molar-refractivity contribution >= 4 is 23.6 Å². The van der Waals surface area contributed by atoms with Gasteiger partial charge in [0.25, 0.3) is 0 Å². The summed E-state index contributed by atoms with van der Waals surface area (Å²) in [6, 6.07) is -6.34. The third-order valence-electron chi connectivity index (χ3n) is 22.1. The van der Waals surface area contributed by atoms with E-state index in [0.717, 1.165) is 72.1 Å². The van der Waals surface area contributed by atoms with E-state index < -0.39 is 260 Å². The van der Waals surface area contributed by atoms with Crippen LogP contribution in [-0.4, -0.2) is 353 Å². The normalized spacial score (nSPS) is 36.5. The van der Waals surface area contributed by atoms with E-state index >= 15 is 0 Å². The maximum Gasteiger partial charge on any atom is 0.220 e. The van der Waals surface area contributed by atoms with Crippen LogP contribution < -0.4 is 21.3 Å². The molecule has 21 N–H and O–H groups in total. The van der Waals surface area contributed by atoms with E-state index in [1.807, 2.05) is 6.08 Å². The summed E-state index contributed by atoms with van der Waals surface area (Å²) in [7, 11) is 0. The van der Waals surface area contributed by atoms with Crippen molar-refractivity contribution in [1.29, 1.82) is 0 Å². The second-order valence-electron chi connectivity index (χ2n) is 31.4. The van der Waals surface area contributed by atoms with E-state index in [1.54, 1.807) is 6.08 Å². The average molecular weight is 1660 g/mol. The Morgan fingerprint density at radius 2 is 0.661 bits per heavy atom. The van der Waals surface area contributed by atoms with Crippen LogP contribution in [-0.2, 0) is 76.0 Å². The molecule has 670 valence electrons. The maximum atomic E-state index is 13.6. The van der Waals surface area contributed by atoms with Gasteiger partial charge in [0.15, 0.2) is 37.7 Å². The molecule has 6 rings (SSSR count). The van der Waals surface area contributed by atoms with Crippen LogP contribution in [0.4, 0.5) is 0 Å². The third kappa shape index (κ3) is 30.8. The fraction of sp³-hybridized carbons (Fsp3) is 0.923. The summed E-state index contributed by atoms with van der Waals surface area (Å²) in [5.41, 5.74) is 0. The molecule has 6 aliphatic rings. The van der Waals surface area contributed by atoms with Crippen molar-refractivity contribution in [1.82, 2.24) is 21.3 Å². The molecular weight excluding hydrogens is 1520 g/mol. The Bertz CT molecular complexity index is 2720. The van der Waals surface area contributed by atoms with Gasteiger partial charge >= 0.3 is 0 Å². The summed E-state index contributed by atoms with van der Waals surface area (Å²) in [6.45, 7) is 0.858. The lowest BCUT2D eigenvalue weighted by Gasteiger charge is -2.52. The highest BCUT2D eigenvalue weighted by molar-refractivity contribution is 5.76. The standard InChI is InChI=1S/C78H140N4O33/c1-6-8-10-12-14-16-18-20-21-23-25-27-29-31-33-35-54(93)82-46(47(92)34-32-30-28-26-24-22-19-17-15-13-11-9-7-2)42-104-76-65(101)63(99)68(51(39-86)108-76)111-77-66(102)64(100)69(52(40-87)109-77)112-78-67(103)72(70(53(41-88)110-78)113-73-55(79-43(3)89)61(97)58(94)48(36-83)105-73)115-75-57(81-45(5)91)71(60(96)50(38-85)107-75)114-74-56(80-44(4)90)62(98)59(95)49(37-84)106-74/h32,34,46-53,55-78,83-88,92,94-103H,6-31,33,35-42H2,1-5H3,(H,79,89)(H,80,90)(H,81,91)(H,82,93)/b34-32+/t46-,47+,48?,49?,50?,51?,52?,53?,55?,56?,57?,58-,59-,60-,61+,62+,63+,64+,65?,66?,67?,68+,69-,70-,71+,72+,73-,74+,75-,76+,77-,78-/m0/s1. The summed E-state index contributed by atoms with van der Waals surface area (Å²) >= 11 is 0. The Balaban J connectivity index is 1.17. The highest BCUT2D eigenvalue weighted by Gasteiger charge is 2.59. The van der Waals surface area contributed by atoms with Crippen molar-refractivity contribution in [2.75, 3.05) is 46.2 Å². The van der Waals surface area contributed by atoms with Crippen LogP contribution in [0.2, 0.25) is 0 Å². The SMILES string of the molecule is CCCCCCCCCCCCC/C=C/[C@@H](O)[C@H](CO[C@@H]1OC(CO)[C@@H](O[C@@H]2OC(CO)[C@H](O[C@@H]3OC(CO)[C@H](O[C@@H]4OC(CO)[C@H](O)[C@H](O)C4NC(C)=O)[C@H](O[C@@H]4OC(CO)[C@H](O)[C@H](O[C@H]5OC(CO)[C@H](O)[C@H](O)C5NC(C)=O)C4NC(C)=O)C3O)[C@H](O)C2O)[C@H](O)C1O)NC(=O)CCCCCCCCCCCCCCCCC. The molecule has 0 aromatic carbocycles. The molecule has 6 fully saturated rings. The number of unbranched alkanes of at least 4 members (excludes halogenated alkanes) is 25. The van der Waals surface area contributed by atoms with E-state index in [2.05, 4.69) is 35.1 Å². The van der Waals surface area contributed by atoms with Crippen LogP contribution in [0.25, 0.3) is 0 Å². The van der Waals surface area contributed by atoms with E-state index in [9.17, 15) is 106 Å². The number of ether oxygens (including phenoxy) is 12. The summed E-state index contributed by atoms with van der Waals surface area (Å²) in [5.74, 6) is -2.86.